The van der Waals surface area contributed by atoms with Gasteiger partial charge in [0.25, 0.3) is 0 Å². The van der Waals surface area contributed by atoms with Crippen LogP contribution in [0.4, 0.5) is 4.39 Å². The van der Waals surface area contributed by atoms with Gasteiger partial charge in [0.1, 0.15) is 0 Å². The van der Waals surface area contributed by atoms with Crippen LogP contribution in [0.3, 0.4) is 0 Å². The quantitative estimate of drug-likeness (QED) is 0.592. The summed E-state index contributed by atoms with van der Waals surface area (Å²) in [6.45, 7) is 2.37. The van der Waals surface area contributed by atoms with Gasteiger partial charge in [-0.1, -0.05) is 0 Å². The van der Waals surface area contributed by atoms with Gasteiger partial charge in [0, 0.05) is 18.5 Å². The van der Waals surface area contributed by atoms with Crippen molar-refractivity contribution >= 4 is 0 Å². The molecule has 0 amide bonds. The first kappa shape index (κ1) is 7.95. The molecule has 1 aliphatic heterocycles. The van der Waals surface area contributed by atoms with Crippen LogP contribution < -0.4 is 10.6 Å². The second kappa shape index (κ2) is 3.30. The molecule has 0 radical (unpaired) electrons. The zero-order valence-corrected chi connectivity index (χ0v) is 6.41. The van der Waals surface area contributed by atoms with Crippen LogP contribution in [0.2, 0.25) is 0 Å². The summed E-state index contributed by atoms with van der Waals surface area (Å²) in [5.74, 6) is 0. The van der Waals surface area contributed by atoms with E-state index in [0.717, 1.165) is 26.1 Å². The summed E-state index contributed by atoms with van der Waals surface area (Å²) in [6, 6.07) is 0. The van der Waals surface area contributed by atoms with Gasteiger partial charge in [0.05, 0.1) is 6.67 Å². The summed E-state index contributed by atoms with van der Waals surface area (Å²) in [5.41, 5.74) is -0.102. The van der Waals surface area contributed by atoms with E-state index in [1.807, 2.05) is 7.05 Å². The minimum Gasteiger partial charge on any atom is -0.319 e. The lowest BCUT2D eigenvalue weighted by Gasteiger charge is -2.23. The maximum absolute atomic E-state index is 12.5. The molecule has 0 aliphatic carbocycles. The maximum Gasteiger partial charge on any atom is 0.0975 e. The molecule has 1 atom stereocenters. The molecular formula is C7H15FN2. The Kier molecular flexibility index (Phi) is 2.63. The van der Waals surface area contributed by atoms with E-state index in [4.69, 9.17) is 0 Å². The summed E-state index contributed by atoms with van der Waals surface area (Å²) < 4.78 is 12.5. The third kappa shape index (κ3) is 1.47. The van der Waals surface area contributed by atoms with Crippen LogP contribution in [0.5, 0.6) is 0 Å². The lowest BCUT2D eigenvalue weighted by Crippen LogP contribution is -2.36. The Hall–Kier alpha value is -0.150. The molecule has 1 unspecified atom stereocenters. The molecule has 3 heteroatoms. The van der Waals surface area contributed by atoms with E-state index < -0.39 is 0 Å². The highest BCUT2D eigenvalue weighted by Crippen LogP contribution is 2.24. The number of rotatable bonds is 3. The molecule has 2 nitrogen and oxygen atoms in total. The van der Waals surface area contributed by atoms with Crippen molar-refractivity contribution in [3.63, 3.8) is 0 Å². The molecule has 0 aromatic carbocycles. The molecule has 10 heavy (non-hydrogen) atoms. The molecule has 1 fully saturated rings. The van der Waals surface area contributed by atoms with Crippen molar-refractivity contribution in [2.24, 2.45) is 5.41 Å². The molecule has 1 aliphatic rings. The van der Waals surface area contributed by atoms with Crippen LogP contribution in [-0.2, 0) is 0 Å². The third-order valence-electron chi connectivity index (χ3n) is 2.17. The number of alkyl halides is 1. The van der Waals surface area contributed by atoms with Crippen molar-refractivity contribution in [1.82, 2.24) is 10.6 Å². The van der Waals surface area contributed by atoms with Crippen molar-refractivity contribution in [1.29, 1.82) is 0 Å². The Labute approximate surface area is 61.2 Å². The van der Waals surface area contributed by atoms with Crippen LogP contribution in [0.15, 0.2) is 0 Å². The number of hydrogen-bond donors (Lipinski definition) is 2. The third-order valence-corrected chi connectivity index (χ3v) is 2.17. The van der Waals surface area contributed by atoms with Crippen LogP contribution in [0, 0.1) is 5.41 Å². The summed E-state index contributed by atoms with van der Waals surface area (Å²) in [4.78, 5) is 0. The second-order valence-corrected chi connectivity index (χ2v) is 3.09. The second-order valence-electron chi connectivity index (χ2n) is 3.09. The minimum atomic E-state index is -0.208. The summed E-state index contributed by atoms with van der Waals surface area (Å²) in [6.07, 6.45) is 0.963. The average molecular weight is 146 g/mol. The Morgan fingerprint density at radius 3 is 2.90 bits per heavy atom. The van der Waals surface area contributed by atoms with Gasteiger partial charge in [0.2, 0.25) is 0 Å². The Bertz CT molecular complexity index is 99.8. The fraction of sp³-hybridized carbons (Fsp3) is 1.00. The maximum atomic E-state index is 12.5. The van der Waals surface area contributed by atoms with Crippen molar-refractivity contribution in [3.05, 3.63) is 0 Å². The molecule has 0 spiro atoms. The normalized spacial score (nSPS) is 33.0. The topological polar surface area (TPSA) is 24.1 Å². The van der Waals surface area contributed by atoms with E-state index in [1.165, 1.54) is 0 Å². The molecular weight excluding hydrogens is 131 g/mol. The zero-order valence-electron chi connectivity index (χ0n) is 6.41. The molecule has 0 aromatic heterocycles. The molecule has 1 heterocycles. The monoisotopic (exact) mass is 146 g/mol. The summed E-state index contributed by atoms with van der Waals surface area (Å²) in [7, 11) is 1.87. The van der Waals surface area contributed by atoms with Gasteiger partial charge >= 0.3 is 0 Å². The van der Waals surface area contributed by atoms with Crippen LogP contribution >= 0.6 is 0 Å². The molecule has 1 rings (SSSR count). The fourth-order valence-corrected chi connectivity index (χ4v) is 1.48. The van der Waals surface area contributed by atoms with Crippen LogP contribution in [-0.4, -0.2) is 33.4 Å². The number of nitrogens with one attached hydrogen (secondary N) is 2. The van der Waals surface area contributed by atoms with E-state index >= 15 is 0 Å². The Morgan fingerprint density at radius 2 is 2.50 bits per heavy atom. The average Bonchev–Trinajstić information content (AvgIpc) is 2.39. The van der Waals surface area contributed by atoms with Gasteiger partial charge < -0.3 is 10.6 Å². The Morgan fingerprint density at radius 1 is 1.70 bits per heavy atom. The highest BCUT2D eigenvalue weighted by Gasteiger charge is 2.32. The molecule has 0 aromatic rings. The van der Waals surface area contributed by atoms with Gasteiger partial charge in [-0.2, -0.15) is 0 Å². The lowest BCUT2D eigenvalue weighted by atomic mass is 9.89. The minimum absolute atomic E-state index is 0.102. The van der Waals surface area contributed by atoms with Crippen molar-refractivity contribution in [2.75, 3.05) is 33.4 Å². The van der Waals surface area contributed by atoms with E-state index in [1.54, 1.807) is 0 Å². The SMILES string of the molecule is CNCC1(CF)CCNC1. The fourth-order valence-electron chi connectivity index (χ4n) is 1.48. The predicted octanol–water partition coefficient (Wildman–Crippen LogP) is 0.155. The number of halogens is 1. The first-order chi connectivity index (χ1) is 4.83. The summed E-state index contributed by atoms with van der Waals surface area (Å²) in [5, 5.41) is 6.19. The molecule has 2 N–H and O–H groups in total. The van der Waals surface area contributed by atoms with Gasteiger partial charge in [-0.25, -0.2) is 0 Å². The van der Waals surface area contributed by atoms with Crippen LogP contribution in [0.1, 0.15) is 6.42 Å². The highest BCUT2D eigenvalue weighted by atomic mass is 19.1. The molecule has 60 valence electrons. The van der Waals surface area contributed by atoms with Gasteiger partial charge in [-0.3, -0.25) is 4.39 Å². The molecule has 0 bridgehead atoms. The first-order valence-corrected chi connectivity index (χ1v) is 3.74. The van der Waals surface area contributed by atoms with Gasteiger partial charge in [-0.15, -0.1) is 0 Å². The van der Waals surface area contributed by atoms with E-state index in [0.29, 0.717) is 0 Å². The van der Waals surface area contributed by atoms with Crippen molar-refractivity contribution in [2.45, 2.75) is 6.42 Å². The van der Waals surface area contributed by atoms with Crippen LogP contribution in [0.25, 0.3) is 0 Å². The first-order valence-electron chi connectivity index (χ1n) is 3.74. The standard InChI is InChI=1S/C7H15FN2/c1-9-5-7(4-8)2-3-10-6-7/h9-10H,2-6H2,1H3. The van der Waals surface area contributed by atoms with Gasteiger partial charge in [0.15, 0.2) is 0 Å². The largest absolute Gasteiger partial charge is 0.319 e. The lowest BCUT2D eigenvalue weighted by molar-refractivity contribution is 0.227. The zero-order chi connectivity index (χ0) is 7.45. The predicted molar refractivity (Wildman–Crippen MR) is 39.8 cm³/mol. The Balaban J connectivity index is 2.41. The summed E-state index contributed by atoms with van der Waals surface area (Å²) >= 11 is 0. The van der Waals surface area contributed by atoms with E-state index in [2.05, 4.69) is 10.6 Å². The van der Waals surface area contributed by atoms with Crippen molar-refractivity contribution in [3.8, 4) is 0 Å². The number of hydrogen-bond acceptors (Lipinski definition) is 2. The van der Waals surface area contributed by atoms with Crippen molar-refractivity contribution < 1.29 is 4.39 Å². The van der Waals surface area contributed by atoms with E-state index in [9.17, 15) is 4.39 Å². The van der Waals surface area contributed by atoms with Gasteiger partial charge in [-0.05, 0) is 20.0 Å². The van der Waals surface area contributed by atoms with E-state index in [-0.39, 0.29) is 12.1 Å². The smallest absolute Gasteiger partial charge is 0.0975 e. The molecule has 0 saturated carbocycles. The molecule has 1 saturated heterocycles. The highest BCUT2D eigenvalue weighted by molar-refractivity contribution is 4.88.